The lowest BCUT2D eigenvalue weighted by Crippen LogP contribution is -2.01. The third kappa shape index (κ3) is 1.43. The van der Waals surface area contributed by atoms with Crippen LogP contribution in [0.2, 0.25) is 0 Å². The molecule has 7 nitrogen and oxygen atoms in total. The van der Waals surface area contributed by atoms with Crippen molar-refractivity contribution in [3.8, 4) is 11.9 Å². The Morgan fingerprint density at radius 2 is 2.18 bits per heavy atom. The van der Waals surface area contributed by atoms with E-state index in [0.717, 1.165) is 11.2 Å². The summed E-state index contributed by atoms with van der Waals surface area (Å²) in [4.78, 5) is 8.07. The molecule has 17 heavy (non-hydrogen) atoms. The summed E-state index contributed by atoms with van der Waals surface area (Å²) in [5.74, 6) is 0.715. The molecule has 0 unspecified atom stereocenters. The lowest BCUT2D eigenvalue weighted by Gasteiger charge is -2.00. The van der Waals surface area contributed by atoms with Crippen LogP contribution in [0, 0.1) is 18.3 Å². The number of aromatic nitrogens is 6. The van der Waals surface area contributed by atoms with Gasteiger partial charge in [-0.15, -0.1) is 5.10 Å². The molecule has 0 N–H and O–H groups in total. The summed E-state index contributed by atoms with van der Waals surface area (Å²) >= 11 is 0. The first-order valence-electron chi connectivity index (χ1n) is 4.91. The molecular weight excluding hydrogens is 218 g/mol. The second-order valence-electron chi connectivity index (χ2n) is 3.49. The van der Waals surface area contributed by atoms with Gasteiger partial charge >= 0.3 is 0 Å². The van der Waals surface area contributed by atoms with Crippen LogP contribution in [-0.4, -0.2) is 29.4 Å². The van der Waals surface area contributed by atoms with E-state index in [-0.39, 0.29) is 5.82 Å². The van der Waals surface area contributed by atoms with E-state index in [1.165, 1.54) is 11.0 Å². The average Bonchev–Trinajstić information content (AvgIpc) is 2.92. The summed E-state index contributed by atoms with van der Waals surface area (Å²) < 4.78 is 3.18. The summed E-state index contributed by atoms with van der Waals surface area (Å²) in [6, 6.07) is 3.78. The maximum Gasteiger partial charge on any atom is 0.252 e. The standard InChI is InChI=1S/C10H7N7/c1-7-4-8-10(12-2-3-16(8)14-7)17-6-13-9(5-11)15-17/h2-4,6H,1H3. The van der Waals surface area contributed by atoms with Crippen LogP contribution in [0.25, 0.3) is 11.3 Å². The molecule has 3 aromatic heterocycles. The molecule has 0 amide bonds. The van der Waals surface area contributed by atoms with Crippen molar-refractivity contribution in [2.24, 2.45) is 0 Å². The lowest BCUT2D eigenvalue weighted by atomic mass is 10.4. The fraction of sp³-hybridized carbons (Fsp3) is 0.100. The average molecular weight is 225 g/mol. The van der Waals surface area contributed by atoms with Crippen LogP contribution in [-0.2, 0) is 0 Å². The van der Waals surface area contributed by atoms with Crippen LogP contribution in [0.3, 0.4) is 0 Å². The molecule has 0 saturated heterocycles. The number of nitrogens with zero attached hydrogens (tertiary/aromatic N) is 7. The topological polar surface area (TPSA) is 84.7 Å². The van der Waals surface area contributed by atoms with Gasteiger partial charge in [-0.1, -0.05) is 0 Å². The second-order valence-corrected chi connectivity index (χ2v) is 3.49. The molecule has 7 heteroatoms. The van der Waals surface area contributed by atoms with Gasteiger partial charge in [0.15, 0.2) is 5.82 Å². The van der Waals surface area contributed by atoms with Crippen LogP contribution in [0.4, 0.5) is 0 Å². The Kier molecular flexibility index (Phi) is 1.88. The van der Waals surface area contributed by atoms with Crippen molar-refractivity contribution in [2.45, 2.75) is 6.92 Å². The Labute approximate surface area is 96.0 Å². The SMILES string of the molecule is Cc1cc2c(-n3cnc(C#N)n3)nccn2n1. The van der Waals surface area contributed by atoms with E-state index >= 15 is 0 Å². The normalized spacial score (nSPS) is 10.6. The fourth-order valence-corrected chi connectivity index (χ4v) is 1.62. The Bertz CT molecular complexity index is 731. The van der Waals surface area contributed by atoms with E-state index in [0.29, 0.717) is 5.82 Å². The quantitative estimate of drug-likeness (QED) is 0.601. The molecule has 0 aromatic carbocycles. The van der Waals surface area contributed by atoms with Crippen LogP contribution in [0.5, 0.6) is 0 Å². The molecule has 0 radical (unpaired) electrons. The van der Waals surface area contributed by atoms with Crippen molar-refractivity contribution < 1.29 is 0 Å². The molecule has 0 atom stereocenters. The van der Waals surface area contributed by atoms with Gasteiger partial charge in [0.25, 0.3) is 5.82 Å². The highest BCUT2D eigenvalue weighted by atomic mass is 15.4. The minimum Gasteiger partial charge on any atom is -0.235 e. The molecule has 0 aliphatic heterocycles. The summed E-state index contributed by atoms with van der Waals surface area (Å²) in [6.07, 6.45) is 4.85. The molecule has 0 fully saturated rings. The number of hydrogen-bond acceptors (Lipinski definition) is 5. The number of nitriles is 1. The van der Waals surface area contributed by atoms with E-state index in [2.05, 4.69) is 20.2 Å². The van der Waals surface area contributed by atoms with Crippen LogP contribution in [0.1, 0.15) is 11.5 Å². The van der Waals surface area contributed by atoms with E-state index in [1.54, 1.807) is 16.9 Å². The first kappa shape index (κ1) is 9.47. The number of fused-ring (bicyclic) bond motifs is 1. The summed E-state index contributed by atoms with van der Waals surface area (Å²) in [6.45, 7) is 1.90. The van der Waals surface area contributed by atoms with Gasteiger partial charge in [-0.25, -0.2) is 14.5 Å². The third-order valence-electron chi connectivity index (χ3n) is 2.30. The van der Waals surface area contributed by atoms with Crippen LogP contribution < -0.4 is 0 Å². The van der Waals surface area contributed by atoms with Gasteiger partial charge in [0.05, 0.1) is 5.69 Å². The van der Waals surface area contributed by atoms with E-state index in [4.69, 9.17) is 5.26 Å². The lowest BCUT2D eigenvalue weighted by molar-refractivity contribution is 0.825. The van der Waals surface area contributed by atoms with E-state index < -0.39 is 0 Å². The van der Waals surface area contributed by atoms with Gasteiger partial charge in [-0.2, -0.15) is 15.0 Å². The van der Waals surface area contributed by atoms with Gasteiger partial charge in [0, 0.05) is 12.4 Å². The minimum absolute atomic E-state index is 0.116. The Hall–Kier alpha value is -2.75. The minimum atomic E-state index is 0.116. The van der Waals surface area contributed by atoms with Crippen LogP contribution >= 0.6 is 0 Å². The highest BCUT2D eigenvalue weighted by Crippen LogP contribution is 2.12. The Balaban J connectivity index is 2.26. The molecular formula is C10H7N7. The predicted molar refractivity (Wildman–Crippen MR) is 57.4 cm³/mol. The molecule has 0 bridgehead atoms. The van der Waals surface area contributed by atoms with Crippen molar-refractivity contribution in [3.63, 3.8) is 0 Å². The van der Waals surface area contributed by atoms with Crippen molar-refractivity contribution in [3.05, 3.63) is 36.3 Å². The predicted octanol–water partition coefficient (Wildman–Crippen LogP) is 0.490. The first-order valence-corrected chi connectivity index (χ1v) is 4.91. The summed E-state index contributed by atoms with van der Waals surface area (Å²) in [5, 5.41) is 17.0. The van der Waals surface area contributed by atoms with E-state index in [1.807, 2.05) is 19.1 Å². The molecule has 0 spiro atoms. The number of rotatable bonds is 1. The highest BCUT2D eigenvalue weighted by molar-refractivity contribution is 5.60. The molecule has 3 aromatic rings. The molecule has 0 saturated carbocycles. The molecule has 3 heterocycles. The maximum absolute atomic E-state index is 8.69. The monoisotopic (exact) mass is 225 g/mol. The number of aryl methyl sites for hydroxylation is 1. The molecule has 3 rings (SSSR count). The zero-order chi connectivity index (χ0) is 11.8. The molecule has 0 aliphatic carbocycles. The smallest absolute Gasteiger partial charge is 0.235 e. The van der Waals surface area contributed by atoms with Crippen molar-refractivity contribution in [2.75, 3.05) is 0 Å². The van der Waals surface area contributed by atoms with Crippen molar-refractivity contribution in [1.29, 1.82) is 5.26 Å². The van der Waals surface area contributed by atoms with Crippen molar-refractivity contribution in [1.82, 2.24) is 29.4 Å². The van der Waals surface area contributed by atoms with Gasteiger partial charge < -0.3 is 0 Å². The largest absolute Gasteiger partial charge is 0.252 e. The fourth-order valence-electron chi connectivity index (χ4n) is 1.62. The zero-order valence-corrected chi connectivity index (χ0v) is 8.94. The maximum atomic E-state index is 8.69. The second kappa shape index (κ2) is 3.38. The van der Waals surface area contributed by atoms with Gasteiger partial charge in [-0.05, 0) is 13.0 Å². The Morgan fingerprint density at radius 3 is 2.94 bits per heavy atom. The summed E-state index contributed by atoms with van der Waals surface area (Å²) in [7, 11) is 0. The third-order valence-corrected chi connectivity index (χ3v) is 2.30. The highest BCUT2D eigenvalue weighted by Gasteiger charge is 2.09. The van der Waals surface area contributed by atoms with Gasteiger partial charge in [0.1, 0.15) is 17.9 Å². The zero-order valence-electron chi connectivity index (χ0n) is 8.94. The van der Waals surface area contributed by atoms with Gasteiger partial charge in [-0.3, -0.25) is 0 Å². The van der Waals surface area contributed by atoms with Gasteiger partial charge in [0.2, 0.25) is 0 Å². The first-order chi connectivity index (χ1) is 8.28. The van der Waals surface area contributed by atoms with Crippen molar-refractivity contribution >= 4 is 5.52 Å². The Morgan fingerprint density at radius 1 is 1.29 bits per heavy atom. The summed E-state index contributed by atoms with van der Waals surface area (Å²) in [5.41, 5.74) is 1.71. The van der Waals surface area contributed by atoms with E-state index in [9.17, 15) is 0 Å². The molecule has 82 valence electrons. The number of hydrogen-bond donors (Lipinski definition) is 0. The van der Waals surface area contributed by atoms with Crippen LogP contribution in [0.15, 0.2) is 24.8 Å². The molecule has 0 aliphatic rings.